The monoisotopic (exact) mass is 210 g/mol. The first-order valence-corrected chi connectivity index (χ1v) is 5.28. The highest BCUT2D eigenvalue weighted by molar-refractivity contribution is 5.73. The van der Waals surface area contributed by atoms with E-state index in [1.165, 1.54) is 0 Å². The summed E-state index contributed by atoms with van der Waals surface area (Å²) in [4.78, 5) is 13.3. The van der Waals surface area contributed by atoms with Gasteiger partial charge in [0.2, 0.25) is 0 Å². The van der Waals surface area contributed by atoms with Gasteiger partial charge in [-0.2, -0.15) is 5.10 Å². The van der Waals surface area contributed by atoms with Gasteiger partial charge in [-0.3, -0.25) is 4.68 Å². The van der Waals surface area contributed by atoms with Crippen LogP contribution in [0.25, 0.3) is 0 Å². The molecule has 1 rings (SSSR count). The maximum atomic E-state index is 11.5. The summed E-state index contributed by atoms with van der Waals surface area (Å²) in [6.07, 6.45) is 3.61. The first kappa shape index (κ1) is 11.6. The minimum Gasteiger partial charge on any atom is -0.336 e. The number of urea groups is 1. The van der Waals surface area contributed by atoms with Crippen molar-refractivity contribution in [1.82, 2.24) is 20.0 Å². The average Bonchev–Trinajstić information content (AvgIpc) is 2.72. The largest absolute Gasteiger partial charge is 0.336 e. The topological polar surface area (TPSA) is 50.2 Å². The summed E-state index contributed by atoms with van der Waals surface area (Å²) < 4.78 is 1.79. The fourth-order valence-electron chi connectivity index (χ4n) is 1.33. The fraction of sp³-hybridized carbons (Fsp3) is 0.600. The molecular weight excluding hydrogens is 192 g/mol. The van der Waals surface area contributed by atoms with E-state index >= 15 is 0 Å². The summed E-state index contributed by atoms with van der Waals surface area (Å²) in [5.74, 6) is 0. The molecular formula is C10H18N4O. The molecule has 0 aliphatic carbocycles. The van der Waals surface area contributed by atoms with Crippen LogP contribution >= 0.6 is 0 Å². The maximum absolute atomic E-state index is 11.5. The summed E-state index contributed by atoms with van der Waals surface area (Å²) in [6, 6.07) is 1.86. The molecule has 0 unspecified atom stereocenters. The number of rotatable bonds is 5. The van der Waals surface area contributed by atoms with Gasteiger partial charge < -0.3 is 10.2 Å². The molecule has 0 atom stereocenters. The Labute approximate surface area is 90.1 Å². The van der Waals surface area contributed by atoms with E-state index in [1.54, 1.807) is 15.8 Å². The number of carbonyl (C=O) groups is 1. The van der Waals surface area contributed by atoms with Crippen LogP contribution in [0.15, 0.2) is 18.5 Å². The minimum absolute atomic E-state index is 0.00726. The smallest absolute Gasteiger partial charge is 0.317 e. The van der Waals surface area contributed by atoms with Crippen molar-refractivity contribution in [3.05, 3.63) is 18.5 Å². The van der Waals surface area contributed by atoms with Gasteiger partial charge in [-0.25, -0.2) is 4.79 Å². The second-order valence-corrected chi connectivity index (χ2v) is 3.17. The van der Waals surface area contributed by atoms with Crippen molar-refractivity contribution in [3.63, 3.8) is 0 Å². The molecule has 1 heterocycles. The number of aromatic nitrogens is 2. The molecule has 1 aromatic heterocycles. The number of nitrogens with one attached hydrogen (secondary N) is 1. The lowest BCUT2D eigenvalue weighted by Crippen LogP contribution is -2.40. The Balaban J connectivity index is 2.22. The number of carbonyl (C=O) groups excluding carboxylic acids is 1. The third kappa shape index (κ3) is 3.61. The first-order chi connectivity index (χ1) is 7.27. The molecule has 0 aromatic carbocycles. The van der Waals surface area contributed by atoms with Crippen molar-refractivity contribution in [2.75, 3.05) is 19.6 Å². The highest BCUT2D eigenvalue weighted by Gasteiger charge is 2.07. The molecule has 1 aromatic rings. The Morgan fingerprint density at radius 3 is 2.73 bits per heavy atom. The highest BCUT2D eigenvalue weighted by Crippen LogP contribution is 1.88. The van der Waals surface area contributed by atoms with Crippen molar-refractivity contribution in [1.29, 1.82) is 0 Å². The lowest BCUT2D eigenvalue weighted by Gasteiger charge is -2.19. The standard InChI is InChI=1S/C10H18N4O/c1-3-13(4-2)10(15)11-7-9-14-8-5-6-12-14/h5-6,8H,3-4,7,9H2,1-2H3,(H,11,15). The third-order valence-electron chi connectivity index (χ3n) is 2.23. The average molecular weight is 210 g/mol. The van der Waals surface area contributed by atoms with E-state index in [2.05, 4.69) is 10.4 Å². The Kier molecular flexibility index (Phi) is 4.66. The third-order valence-corrected chi connectivity index (χ3v) is 2.23. The molecule has 15 heavy (non-hydrogen) atoms. The molecule has 0 fully saturated rings. The van der Waals surface area contributed by atoms with Gasteiger partial charge in [0.15, 0.2) is 0 Å². The zero-order valence-electron chi connectivity index (χ0n) is 9.31. The SMILES string of the molecule is CCN(CC)C(=O)NCCn1cccn1. The van der Waals surface area contributed by atoms with E-state index in [0.29, 0.717) is 13.1 Å². The lowest BCUT2D eigenvalue weighted by molar-refractivity contribution is 0.203. The van der Waals surface area contributed by atoms with Crippen molar-refractivity contribution < 1.29 is 4.79 Å². The van der Waals surface area contributed by atoms with Crippen LogP contribution < -0.4 is 5.32 Å². The van der Waals surface area contributed by atoms with Crippen LogP contribution in [0.4, 0.5) is 4.79 Å². The predicted octanol–water partition coefficient (Wildman–Crippen LogP) is 0.934. The normalized spacial score (nSPS) is 10.0. The van der Waals surface area contributed by atoms with Crippen LogP contribution in [0.1, 0.15) is 13.8 Å². The van der Waals surface area contributed by atoms with E-state index < -0.39 is 0 Å². The highest BCUT2D eigenvalue weighted by atomic mass is 16.2. The van der Waals surface area contributed by atoms with E-state index in [9.17, 15) is 4.79 Å². The zero-order chi connectivity index (χ0) is 11.1. The summed E-state index contributed by atoms with van der Waals surface area (Å²) in [5.41, 5.74) is 0. The van der Waals surface area contributed by atoms with E-state index in [0.717, 1.165) is 13.1 Å². The number of amides is 2. The van der Waals surface area contributed by atoms with E-state index in [-0.39, 0.29) is 6.03 Å². The van der Waals surface area contributed by atoms with Gasteiger partial charge in [0, 0.05) is 32.0 Å². The van der Waals surface area contributed by atoms with Gasteiger partial charge in [-0.15, -0.1) is 0 Å². The van der Waals surface area contributed by atoms with Crippen LogP contribution in [0.2, 0.25) is 0 Å². The second-order valence-electron chi connectivity index (χ2n) is 3.17. The van der Waals surface area contributed by atoms with Gasteiger partial charge >= 0.3 is 6.03 Å². The van der Waals surface area contributed by atoms with Crippen LogP contribution in [0.5, 0.6) is 0 Å². The fourth-order valence-corrected chi connectivity index (χ4v) is 1.33. The van der Waals surface area contributed by atoms with Crippen LogP contribution in [-0.2, 0) is 6.54 Å². The van der Waals surface area contributed by atoms with Gasteiger partial charge in [0.05, 0.1) is 6.54 Å². The Bertz CT molecular complexity index is 280. The molecule has 0 aliphatic heterocycles. The summed E-state index contributed by atoms with van der Waals surface area (Å²) in [6.45, 7) is 6.73. The Morgan fingerprint density at radius 1 is 1.47 bits per heavy atom. The van der Waals surface area contributed by atoms with Crippen LogP contribution in [0.3, 0.4) is 0 Å². The molecule has 5 heteroatoms. The van der Waals surface area contributed by atoms with Gasteiger partial charge in [0.25, 0.3) is 0 Å². The van der Waals surface area contributed by atoms with Crippen molar-refractivity contribution in [2.45, 2.75) is 20.4 Å². The molecule has 0 radical (unpaired) electrons. The second kappa shape index (κ2) is 6.06. The van der Waals surface area contributed by atoms with Crippen LogP contribution in [-0.4, -0.2) is 40.3 Å². The minimum atomic E-state index is -0.00726. The van der Waals surface area contributed by atoms with Crippen molar-refractivity contribution in [2.24, 2.45) is 0 Å². The molecule has 0 bridgehead atoms. The molecule has 0 spiro atoms. The van der Waals surface area contributed by atoms with Crippen molar-refractivity contribution >= 4 is 6.03 Å². The first-order valence-electron chi connectivity index (χ1n) is 5.28. The molecule has 0 saturated carbocycles. The molecule has 5 nitrogen and oxygen atoms in total. The zero-order valence-corrected chi connectivity index (χ0v) is 9.31. The van der Waals surface area contributed by atoms with Gasteiger partial charge in [-0.1, -0.05) is 0 Å². The summed E-state index contributed by atoms with van der Waals surface area (Å²) in [7, 11) is 0. The molecule has 1 N–H and O–H groups in total. The lowest BCUT2D eigenvalue weighted by atomic mass is 10.5. The number of nitrogens with zero attached hydrogens (tertiary/aromatic N) is 3. The number of hydrogen-bond acceptors (Lipinski definition) is 2. The predicted molar refractivity (Wildman–Crippen MR) is 58.5 cm³/mol. The summed E-state index contributed by atoms with van der Waals surface area (Å²) in [5, 5.41) is 6.90. The summed E-state index contributed by atoms with van der Waals surface area (Å²) >= 11 is 0. The van der Waals surface area contributed by atoms with E-state index in [4.69, 9.17) is 0 Å². The van der Waals surface area contributed by atoms with E-state index in [1.807, 2.05) is 26.1 Å². The molecule has 2 amide bonds. The van der Waals surface area contributed by atoms with Crippen LogP contribution in [0, 0.1) is 0 Å². The van der Waals surface area contributed by atoms with Crippen molar-refractivity contribution in [3.8, 4) is 0 Å². The molecule has 0 aliphatic rings. The van der Waals surface area contributed by atoms with Gasteiger partial charge in [0.1, 0.15) is 0 Å². The molecule has 0 saturated heterocycles. The number of hydrogen-bond donors (Lipinski definition) is 1. The Morgan fingerprint density at radius 2 is 2.20 bits per heavy atom. The Hall–Kier alpha value is -1.52. The molecule has 84 valence electrons. The quantitative estimate of drug-likeness (QED) is 0.786. The van der Waals surface area contributed by atoms with Gasteiger partial charge in [-0.05, 0) is 19.9 Å². The maximum Gasteiger partial charge on any atom is 0.317 e.